The summed E-state index contributed by atoms with van der Waals surface area (Å²) in [5.41, 5.74) is 0. The predicted octanol–water partition coefficient (Wildman–Crippen LogP) is 0.924. The first kappa shape index (κ1) is 27.8. The molecule has 0 unspecified atom stereocenters. The molecule has 5 heteroatoms. The van der Waals surface area contributed by atoms with Gasteiger partial charge in [0, 0.05) is 13.5 Å². The van der Waals surface area contributed by atoms with E-state index in [0.29, 0.717) is 6.42 Å². The molecule has 0 saturated heterocycles. The molecular formula is C20H38KNO3. The van der Waals surface area contributed by atoms with Crippen LogP contribution in [0.25, 0.3) is 0 Å². The van der Waals surface area contributed by atoms with Crippen LogP contribution in [0.1, 0.15) is 97.8 Å². The van der Waals surface area contributed by atoms with Crippen molar-refractivity contribution in [2.75, 3.05) is 7.05 Å². The van der Waals surface area contributed by atoms with Crippen LogP contribution in [0.5, 0.6) is 0 Å². The van der Waals surface area contributed by atoms with E-state index in [1.165, 1.54) is 76.7 Å². The van der Waals surface area contributed by atoms with Crippen LogP contribution in [0.2, 0.25) is 0 Å². The van der Waals surface area contributed by atoms with Gasteiger partial charge < -0.3 is 14.8 Å². The van der Waals surface area contributed by atoms with Crippen LogP contribution >= 0.6 is 0 Å². The van der Waals surface area contributed by atoms with Crippen LogP contribution < -0.4 is 56.5 Å². The monoisotopic (exact) mass is 379 g/mol. The Hall–Kier alpha value is 0.576. The van der Waals surface area contributed by atoms with E-state index in [1.807, 2.05) is 0 Å². The van der Waals surface area contributed by atoms with Crippen molar-refractivity contribution < 1.29 is 66.1 Å². The number of amides is 1. The average Bonchev–Trinajstić information content (AvgIpc) is 2.53. The first-order valence-electron chi connectivity index (χ1n) is 9.82. The summed E-state index contributed by atoms with van der Waals surface area (Å²) in [6.07, 6.45) is 14.2. The molecule has 0 rings (SSSR count). The number of carbonyl (C=O) groups excluding carboxylic acids is 2. The number of unbranched alkanes of at least 4 members (excludes halogenated alkanes) is 9. The molecule has 0 aliphatic rings. The number of carboxylic acid groups (broad SMARTS) is 1. The molecule has 0 bridgehead atoms. The second kappa shape index (κ2) is 18.0. The molecule has 0 spiro atoms. The molecule has 0 aromatic heterocycles. The zero-order chi connectivity index (χ0) is 18.4. The zero-order valence-electron chi connectivity index (χ0n) is 17.3. The summed E-state index contributed by atoms with van der Waals surface area (Å²) >= 11 is 0. The summed E-state index contributed by atoms with van der Waals surface area (Å²) in [5, 5.41) is 10.7. The largest absolute Gasteiger partial charge is 1.00 e. The Morgan fingerprint density at radius 2 is 1.20 bits per heavy atom. The number of hydrogen-bond donors (Lipinski definition) is 0. The zero-order valence-corrected chi connectivity index (χ0v) is 20.4. The minimum absolute atomic E-state index is 0. The molecule has 0 radical (unpaired) electrons. The topological polar surface area (TPSA) is 60.4 Å². The minimum atomic E-state index is -1.20. The molecule has 1 amide bonds. The fourth-order valence-corrected chi connectivity index (χ4v) is 2.79. The van der Waals surface area contributed by atoms with Crippen molar-refractivity contribution in [3.05, 3.63) is 0 Å². The molecule has 0 N–H and O–H groups in total. The van der Waals surface area contributed by atoms with Gasteiger partial charge in [-0.25, -0.2) is 0 Å². The van der Waals surface area contributed by atoms with Crippen LogP contribution in [0.3, 0.4) is 0 Å². The number of hydrogen-bond acceptors (Lipinski definition) is 3. The molecule has 25 heavy (non-hydrogen) atoms. The summed E-state index contributed by atoms with van der Waals surface area (Å²) < 4.78 is 0. The van der Waals surface area contributed by atoms with Gasteiger partial charge in [-0.15, -0.1) is 0 Å². The fourth-order valence-electron chi connectivity index (χ4n) is 2.79. The van der Waals surface area contributed by atoms with E-state index in [-0.39, 0.29) is 57.3 Å². The smallest absolute Gasteiger partial charge is 0.548 e. The quantitative estimate of drug-likeness (QED) is 0.314. The van der Waals surface area contributed by atoms with Gasteiger partial charge in [0.05, 0.1) is 12.0 Å². The molecular weight excluding hydrogens is 341 g/mol. The first-order valence-corrected chi connectivity index (χ1v) is 9.82. The van der Waals surface area contributed by atoms with E-state index in [4.69, 9.17) is 0 Å². The third kappa shape index (κ3) is 16.5. The van der Waals surface area contributed by atoms with Crippen LogP contribution in [-0.4, -0.2) is 29.9 Å². The fraction of sp³-hybridized carbons (Fsp3) is 0.900. The molecule has 1 atom stereocenters. The van der Waals surface area contributed by atoms with Crippen molar-refractivity contribution in [2.24, 2.45) is 5.92 Å². The Balaban J connectivity index is 0. The Kier molecular flexibility index (Phi) is 20.0. The van der Waals surface area contributed by atoms with Crippen molar-refractivity contribution in [1.29, 1.82) is 0 Å². The van der Waals surface area contributed by atoms with Crippen LogP contribution in [-0.2, 0) is 9.59 Å². The van der Waals surface area contributed by atoms with Crippen molar-refractivity contribution in [2.45, 2.75) is 104 Å². The number of likely N-dealkylation sites (N-methyl/N-ethyl adjacent to an activating group) is 1. The molecule has 0 aromatic carbocycles. The maximum atomic E-state index is 11.8. The second-order valence-corrected chi connectivity index (χ2v) is 7.47. The van der Waals surface area contributed by atoms with E-state index in [9.17, 15) is 14.7 Å². The number of nitrogens with zero attached hydrogens (tertiary/aromatic N) is 1. The van der Waals surface area contributed by atoms with Crippen LogP contribution in [0.15, 0.2) is 0 Å². The Labute approximate surface area is 197 Å². The van der Waals surface area contributed by atoms with Gasteiger partial charge >= 0.3 is 51.4 Å². The van der Waals surface area contributed by atoms with Gasteiger partial charge in [0.2, 0.25) is 5.91 Å². The molecule has 142 valence electrons. The summed E-state index contributed by atoms with van der Waals surface area (Å²) in [5.74, 6) is -0.469. The molecule has 0 aliphatic heterocycles. The first-order chi connectivity index (χ1) is 11.4. The van der Waals surface area contributed by atoms with Gasteiger partial charge in [-0.05, 0) is 19.3 Å². The second-order valence-electron chi connectivity index (χ2n) is 7.47. The van der Waals surface area contributed by atoms with E-state index in [0.717, 1.165) is 18.8 Å². The van der Waals surface area contributed by atoms with Crippen molar-refractivity contribution in [1.82, 2.24) is 4.90 Å². The average molecular weight is 380 g/mol. The van der Waals surface area contributed by atoms with Gasteiger partial charge in [0.15, 0.2) is 0 Å². The molecule has 0 heterocycles. The summed E-state index contributed by atoms with van der Waals surface area (Å²) in [7, 11) is 1.53. The number of aliphatic carboxylic acids is 1. The van der Waals surface area contributed by atoms with Gasteiger partial charge in [-0.3, -0.25) is 4.79 Å². The maximum Gasteiger partial charge on any atom is 1.00 e. The standard InChI is InChI=1S/C20H39NO3.K/c1-17(2)15-13-11-9-7-5-6-8-10-12-14-16-19(22)21(4)18(3)20(23)24;/h17-18H,5-16H2,1-4H3,(H,23,24);/q;+1/p-1/t18-;/m0./s1. The van der Waals surface area contributed by atoms with Gasteiger partial charge in [-0.1, -0.05) is 78.1 Å². The van der Waals surface area contributed by atoms with Gasteiger partial charge in [-0.2, -0.15) is 0 Å². The maximum absolute atomic E-state index is 11.8. The van der Waals surface area contributed by atoms with Crippen molar-refractivity contribution in [3.8, 4) is 0 Å². The molecule has 4 nitrogen and oxygen atoms in total. The third-order valence-corrected chi connectivity index (χ3v) is 4.74. The third-order valence-electron chi connectivity index (χ3n) is 4.74. The normalized spacial score (nSPS) is 11.9. The SMILES string of the molecule is CC(C)CCCCCCCCCCCCC(=O)N(C)[C@@H](C)C(=O)[O-].[K+]. The Bertz CT molecular complexity index is 348. The minimum Gasteiger partial charge on any atom is -0.548 e. The summed E-state index contributed by atoms with van der Waals surface area (Å²) in [6.45, 7) is 6.06. The van der Waals surface area contributed by atoms with Crippen LogP contribution in [0.4, 0.5) is 0 Å². The van der Waals surface area contributed by atoms with Crippen molar-refractivity contribution in [3.63, 3.8) is 0 Å². The van der Waals surface area contributed by atoms with E-state index < -0.39 is 12.0 Å². The Morgan fingerprint density at radius 1 is 0.800 bits per heavy atom. The van der Waals surface area contributed by atoms with Gasteiger partial charge in [0.1, 0.15) is 0 Å². The van der Waals surface area contributed by atoms with Gasteiger partial charge in [0.25, 0.3) is 0 Å². The van der Waals surface area contributed by atoms with E-state index in [1.54, 1.807) is 0 Å². The summed E-state index contributed by atoms with van der Waals surface area (Å²) in [6, 6.07) is -0.849. The molecule has 0 aliphatic carbocycles. The number of carboxylic acids is 1. The Morgan fingerprint density at radius 3 is 1.60 bits per heavy atom. The van der Waals surface area contributed by atoms with E-state index >= 15 is 0 Å². The van der Waals surface area contributed by atoms with Crippen LogP contribution in [0, 0.1) is 5.92 Å². The predicted molar refractivity (Wildman–Crippen MR) is 97.5 cm³/mol. The molecule has 0 aromatic rings. The number of rotatable bonds is 15. The number of carbonyl (C=O) groups is 2. The van der Waals surface area contributed by atoms with E-state index in [2.05, 4.69) is 13.8 Å². The van der Waals surface area contributed by atoms with Crippen molar-refractivity contribution >= 4 is 11.9 Å². The molecule has 0 fully saturated rings. The molecule has 0 saturated carbocycles. The summed E-state index contributed by atoms with van der Waals surface area (Å²) in [4.78, 5) is 23.8.